The molecule has 0 saturated carbocycles. The lowest BCUT2D eigenvalue weighted by molar-refractivity contribution is -0.318. The maximum atomic E-state index is 14.8. The molecule has 3 fully saturated rings. The Balaban J connectivity index is 1.25. The smallest absolute Gasteiger partial charge is 0.311 e. The normalized spacial score (nSPS) is 36.0. The molecule has 15 nitrogen and oxygen atoms in total. The summed E-state index contributed by atoms with van der Waals surface area (Å²) in [6.45, 7) is 20.1. The summed E-state index contributed by atoms with van der Waals surface area (Å²) in [5.41, 5.74) is -3.15. The van der Waals surface area contributed by atoms with Crippen LogP contribution in [-0.2, 0) is 39.8 Å². The van der Waals surface area contributed by atoms with Crippen molar-refractivity contribution < 1.29 is 58.7 Å². The number of carbonyl (C=O) groups excluding carboxylic acids is 1. The zero-order chi connectivity index (χ0) is 60.3. The van der Waals surface area contributed by atoms with Gasteiger partial charge in [0.1, 0.15) is 53.2 Å². The Morgan fingerprint density at radius 1 is 0.744 bits per heavy atom. The second-order valence-corrected chi connectivity index (χ2v) is 29.5. The van der Waals surface area contributed by atoms with Crippen LogP contribution in [0, 0.1) is 17.8 Å². The van der Waals surface area contributed by atoms with Crippen LogP contribution in [0.4, 0.5) is 0 Å². The first-order valence-electron chi connectivity index (χ1n) is 30.7. The van der Waals surface area contributed by atoms with Gasteiger partial charge in [-0.1, -0.05) is 94.6 Å². The monoisotopic (exact) mass is 1160 g/mol. The first-order chi connectivity index (χ1) is 38.7. The van der Waals surface area contributed by atoms with E-state index in [1.807, 2.05) is 46.7 Å². The Morgan fingerprint density at radius 3 is 1.91 bits per heavy atom. The second-order valence-electron chi connectivity index (χ2n) is 25.9. The molecule has 6 rings (SSSR count). The van der Waals surface area contributed by atoms with E-state index in [1.54, 1.807) is 34.6 Å². The molecule has 0 bridgehead atoms. The summed E-state index contributed by atoms with van der Waals surface area (Å²) < 4.78 is 38.6. The quantitative estimate of drug-likeness (QED) is 0.0398. The highest BCUT2D eigenvalue weighted by molar-refractivity contribution is 7.95. The zero-order valence-electron chi connectivity index (χ0n) is 52.5. The highest BCUT2D eigenvalue weighted by atomic mass is 31.2. The van der Waals surface area contributed by atoms with Crippen molar-refractivity contribution in [3.63, 3.8) is 0 Å². The van der Waals surface area contributed by atoms with Gasteiger partial charge in [0, 0.05) is 50.2 Å². The Labute approximate surface area is 493 Å². The van der Waals surface area contributed by atoms with E-state index in [0.717, 1.165) is 51.2 Å². The van der Waals surface area contributed by atoms with E-state index in [2.05, 4.69) is 116 Å². The number of cyclic esters (lactones) is 1. The minimum absolute atomic E-state index is 0.121. The molecule has 0 spiro atoms. The van der Waals surface area contributed by atoms with E-state index >= 15 is 0 Å². The number of ether oxygens (including phenoxy) is 6. The zero-order valence-corrected chi connectivity index (χ0v) is 53.4. The molecule has 0 radical (unpaired) electrons. The molecule has 5 N–H and O–H groups in total. The minimum Gasteiger partial charge on any atom is -0.459 e. The Kier molecular flexibility index (Phi) is 25.0. The van der Waals surface area contributed by atoms with E-state index in [4.69, 9.17) is 28.4 Å². The van der Waals surface area contributed by atoms with Gasteiger partial charge in [0.05, 0.1) is 47.7 Å². The van der Waals surface area contributed by atoms with Gasteiger partial charge in [-0.25, -0.2) is 0 Å². The largest absolute Gasteiger partial charge is 0.459 e. The molecule has 16 heteroatoms. The number of hydrogen-bond donors (Lipinski definition) is 5. The van der Waals surface area contributed by atoms with Crippen molar-refractivity contribution >= 4 is 29.1 Å². The molecule has 3 aromatic rings. The first-order valence-corrected chi connectivity index (χ1v) is 32.7. The fourth-order valence-electron chi connectivity index (χ4n) is 13.8. The lowest BCUT2D eigenvalue weighted by atomic mass is 9.77. The Bertz CT molecular complexity index is 2340. The number of aliphatic hydroxyl groups excluding tert-OH is 3. The number of hydrogen-bond acceptors (Lipinski definition) is 15. The van der Waals surface area contributed by atoms with Gasteiger partial charge in [-0.05, 0) is 158 Å². The van der Waals surface area contributed by atoms with E-state index < -0.39 is 103 Å². The van der Waals surface area contributed by atoms with Crippen LogP contribution >= 0.6 is 7.26 Å². The third-order valence-corrected chi connectivity index (χ3v) is 23.1. The Morgan fingerprint density at radius 2 is 1.33 bits per heavy atom. The van der Waals surface area contributed by atoms with Crippen LogP contribution in [-0.4, -0.2) is 191 Å². The number of carbonyl (C=O) groups is 1. The number of likely N-dealkylation sites (N-methyl/N-ethyl adjacent to an activating group) is 1. The summed E-state index contributed by atoms with van der Waals surface area (Å²) in [7, 11) is 7.59. The van der Waals surface area contributed by atoms with Crippen LogP contribution < -0.4 is 15.9 Å². The van der Waals surface area contributed by atoms with Crippen LogP contribution in [0.5, 0.6) is 0 Å². The van der Waals surface area contributed by atoms with Gasteiger partial charge < -0.3 is 63.8 Å². The van der Waals surface area contributed by atoms with Gasteiger partial charge >= 0.3 is 5.97 Å². The van der Waals surface area contributed by atoms with Crippen molar-refractivity contribution in [3.05, 3.63) is 90.5 Å². The molecule has 3 saturated heterocycles. The summed E-state index contributed by atoms with van der Waals surface area (Å²) in [6.07, 6.45) is -1.38. The predicted molar refractivity (Wildman–Crippen MR) is 328 cm³/mol. The molecular weight excluding hydrogens is 1060 g/mol. The average Bonchev–Trinajstić information content (AvgIpc) is 3.65. The van der Waals surface area contributed by atoms with Crippen LogP contribution in [0.1, 0.15) is 139 Å². The lowest BCUT2D eigenvalue weighted by Gasteiger charge is -2.48. The fraction of sp³-hybridized carbons (Fsp3) is 0.712. The Hall–Kier alpha value is -2.96. The molecule has 0 unspecified atom stereocenters. The fourth-order valence-corrected chi connectivity index (χ4v) is 18.4. The maximum Gasteiger partial charge on any atom is 0.311 e. The van der Waals surface area contributed by atoms with Crippen LogP contribution in [0.25, 0.3) is 0 Å². The predicted octanol–water partition coefficient (Wildman–Crippen LogP) is 7.67. The van der Waals surface area contributed by atoms with Gasteiger partial charge in [-0.15, -0.1) is 0 Å². The number of unbranched alkanes of at least 4 members (excludes halogenated alkanes) is 5. The SMILES string of the molecule is CC[C@H]1OC(=O)[C@H](C)[C@@H](O[C@H]2C[C@@](C)(OC)[C@@H](O)[C@H](C)O2)[C@H](C)[C@@H](O[C@@H]2O[C@H](C)C[C@H](N(C)C)[C@H]2O)[C@](C)(O)C[C@@H](C)CN(CCCCCCCC[P+](c2ccccc2)(c2ccccc2)c2ccccc2CN(C)C)[C@H](C)[C@@H](O)[C@]1(C)O. The third kappa shape index (κ3) is 16.4. The van der Waals surface area contributed by atoms with Crippen molar-refractivity contribution in [3.8, 4) is 0 Å². The van der Waals surface area contributed by atoms with E-state index in [9.17, 15) is 30.3 Å². The number of esters is 1. The molecule has 0 aromatic heterocycles. The summed E-state index contributed by atoms with van der Waals surface area (Å²) >= 11 is 0. The first kappa shape index (κ1) is 68.2. The molecule has 0 amide bonds. The number of methoxy groups -OCH3 is 1. The highest BCUT2D eigenvalue weighted by Crippen LogP contribution is 2.57. The van der Waals surface area contributed by atoms with Gasteiger partial charge in [0.25, 0.3) is 0 Å². The maximum absolute atomic E-state index is 14.8. The van der Waals surface area contributed by atoms with Gasteiger partial charge in [0.2, 0.25) is 0 Å². The van der Waals surface area contributed by atoms with Crippen molar-refractivity contribution in [1.82, 2.24) is 14.7 Å². The molecule has 3 aromatic carbocycles. The number of nitrogens with zero attached hydrogens (tertiary/aromatic N) is 3. The topological polar surface area (TPSA) is 183 Å². The molecule has 18 atom stereocenters. The van der Waals surface area contributed by atoms with Crippen molar-refractivity contribution in [2.24, 2.45) is 17.8 Å². The summed E-state index contributed by atoms with van der Waals surface area (Å²) in [5.74, 6) is -2.69. The van der Waals surface area contributed by atoms with Gasteiger partial charge in [0.15, 0.2) is 12.6 Å². The summed E-state index contributed by atoms with van der Waals surface area (Å²) in [4.78, 5) is 21.2. The van der Waals surface area contributed by atoms with Gasteiger partial charge in [-0.2, -0.15) is 0 Å². The summed E-state index contributed by atoms with van der Waals surface area (Å²) in [5, 5.41) is 65.2. The van der Waals surface area contributed by atoms with Crippen molar-refractivity contribution in [1.29, 1.82) is 0 Å². The van der Waals surface area contributed by atoms with Crippen LogP contribution in [0.2, 0.25) is 0 Å². The molecule has 3 aliphatic rings. The standard InChI is InChI=1S/C66H107N3O12P/c1-16-55-66(10,75)59(71)48(6)69(37-29-19-17-18-20-30-38-82(51-32-23-21-24-33-51,52-34-25-22-26-35-52)54-36-28-27-31-50(54)43-67(11)12)42-44(2)40-64(8,74)61(81-63-57(70)53(68(13)14)39-45(3)77-63)46(4)58(47(5)62(73)79-55)80-56-41-65(9,76-15)60(72)49(7)78-56/h21-28,31-36,44-49,53,55-61,63,70-72,74-75H,16-20,29-30,37-43H2,1-15H3/q+1/t44-,45-,46+,47-,48-,49+,53+,55-,56+,57-,58+,59-,60+,61-,63+,64-,65-,66-/m1/s1. The molecule has 3 aliphatic heterocycles. The van der Waals surface area contributed by atoms with Crippen molar-refractivity contribution in [2.75, 3.05) is 54.6 Å². The number of rotatable bonds is 21. The average molecular weight is 1170 g/mol. The highest BCUT2D eigenvalue weighted by Gasteiger charge is 2.53. The summed E-state index contributed by atoms with van der Waals surface area (Å²) in [6, 6.07) is 30.5. The molecule has 3 heterocycles. The molecule has 462 valence electrons. The van der Waals surface area contributed by atoms with Crippen LogP contribution in [0.3, 0.4) is 0 Å². The molecular formula is C66H107N3O12P+. The third-order valence-electron chi connectivity index (χ3n) is 18.5. The van der Waals surface area contributed by atoms with E-state index in [0.29, 0.717) is 19.5 Å². The number of aliphatic hydroxyl groups is 5. The molecule has 82 heavy (non-hydrogen) atoms. The van der Waals surface area contributed by atoms with E-state index in [1.165, 1.54) is 28.6 Å². The lowest BCUT2D eigenvalue weighted by Crippen LogP contribution is -2.60. The van der Waals surface area contributed by atoms with E-state index in [-0.39, 0.29) is 37.3 Å². The second kappa shape index (κ2) is 30.1. The number of benzene rings is 3. The minimum atomic E-state index is -2.03. The van der Waals surface area contributed by atoms with Gasteiger partial charge in [-0.3, -0.25) is 9.69 Å². The van der Waals surface area contributed by atoms with Crippen molar-refractivity contribution in [2.45, 2.75) is 230 Å². The van der Waals surface area contributed by atoms with Crippen LogP contribution in [0.15, 0.2) is 84.9 Å². The molecule has 0 aliphatic carbocycles.